The lowest BCUT2D eigenvalue weighted by molar-refractivity contribution is -0.137. The van der Waals surface area contributed by atoms with E-state index in [2.05, 4.69) is 5.32 Å². The lowest BCUT2D eigenvalue weighted by Crippen LogP contribution is -2.35. The maximum absolute atomic E-state index is 12.4. The van der Waals surface area contributed by atoms with E-state index in [1.165, 1.54) is 12.8 Å². The van der Waals surface area contributed by atoms with Crippen LogP contribution in [-0.4, -0.2) is 18.3 Å². The van der Waals surface area contributed by atoms with E-state index in [4.69, 9.17) is 0 Å². The van der Waals surface area contributed by atoms with Gasteiger partial charge in [-0.15, -0.1) is 11.8 Å². The minimum Gasteiger partial charge on any atom is -0.313 e. The summed E-state index contributed by atoms with van der Waals surface area (Å²) in [7, 11) is 0. The zero-order chi connectivity index (χ0) is 13.0. The van der Waals surface area contributed by atoms with E-state index < -0.39 is 11.7 Å². The number of hydrogen-bond acceptors (Lipinski definition) is 2. The second-order valence-electron chi connectivity index (χ2n) is 4.48. The third-order valence-electron chi connectivity index (χ3n) is 3.05. The average molecular weight is 275 g/mol. The van der Waals surface area contributed by atoms with Crippen molar-refractivity contribution in [3.8, 4) is 0 Å². The summed E-state index contributed by atoms with van der Waals surface area (Å²) in [5, 5.41) is 3.42. The molecule has 1 saturated heterocycles. The summed E-state index contributed by atoms with van der Waals surface area (Å²) in [6, 6.07) is 5.89. The first-order valence-corrected chi connectivity index (χ1v) is 7.08. The molecule has 1 aromatic carbocycles. The number of piperidine rings is 1. The van der Waals surface area contributed by atoms with Crippen LogP contribution in [0.1, 0.15) is 24.8 Å². The van der Waals surface area contributed by atoms with Gasteiger partial charge in [-0.05, 0) is 43.7 Å². The maximum Gasteiger partial charge on any atom is 0.416 e. The van der Waals surface area contributed by atoms with E-state index in [0.29, 0.717) is 6.04 Å². The number of benzene rings is 1. The molecule has 0 saturated carbocycles. The summed E-state index contributed by atoms with van der Waals surface area (Å²) in [6.45, 7) is 1.05. The van der Waals surface area contributed by atoms with Gasteiger partial charge in [0.1, 0.15) is 0 Å². The molecule has 0 aliphatic carbocycles. The van der Waals surface area contributed by atoms with Crippen molar-refractivity contribution < 1.29 is 13.2 Å². The summed E-state index contributed by atoms with van der Waals surface area (Å²) in [5.74, 6) is 0.922. The number of rotatable bonds is 3. The molecule has 1 heterocycles. The molecule has 1 fully saturated rings. The van der Waals surface area contributed by atoms with E-state index in [1.54, 1.807) is 23.9 Å². The van der Waals surface area contributed by atoms with E-state index in [9.17, 15) is 13.2 Å². The highest BCUT2D eigenvalue weighted by atomic mass is 32.2. The smallest absolute Gasteiger partial charge is 0.313 e. The molecule has 0 amide bonds. The quantitative estimate of drug-likeness (QED) is 0.839. The highest BCUT2D eigenvalue weighted by Crippen LogP contribution is 2.31. The van der Waals surface area contributed by atoms with Crippen molar-refractivity contribution in [2.24, 2.45) is 0 Å². The first-order chi connectivity index (χ1) is 8.55. The average Bonchev–Trinajstić information content (AvgIpc) is 2.37. The van der Waals surface area contributed by atoms with Crippen LogP contribution < -0.4 is 5.32 Å². The second-order valence-corrected chi connectivity index (χ2v) is 5.57. The Morgan fingerprint density at radius 2 is 1.89 bits per heavy atom. The number of alkyl halides is 3. The molecule has 1 aromatic rings. The van der Waals surface area contributed by atoms with Crippen LogP contribution in [0.4, 0.5) is 13.2 Å². The fraction of sp³-hybridized carbons (Fsp3) is 0.538. The van der Waals surface area contributed by atoms with Crippen LogP contribution in [-0.2, 0) is 6.18 Å². The van der Waals surface area contributed by atoms with E-state index in [1.807, 2.05) is 0 Å². The summed E-state index contributed by atoms with van der Waals surface area (Å²) in [5.41, 5.74) is -0.581. The topological polar surface area (TPSA) is 12.0 Å². The van der Waals surface area contributed by atoms with E-state index >= 15 is 0 Å². The standard InChI is InChI=1S/C13H16F3NS/c14-13(15,16)10-4-6-12(7-5-10)18-9-11-3-1-2-8-17-11/h4-7,11,17H,1-3,8-9H2. The lowest BCUT2D eigenvalue weighted by Gasteiger charge is -2.22. The minimum atomic E-state index is -4.24. The van der Waals surface area contributed by atoms with Gasteiger partial charge in [0, 0.05) is 16.7 Å². The molecule has 100 valence electrons. The molecular weight excluding hydrogens is 259 g/mol. The molecule has 1 aliphatic heterocycles. The Morgan fingerprint density at radius 1 is 1.17 bits per heavy atom. The fourth-order valence-electron chi connectivity index (χ4n) is 2.00. The normalized spacial score (nSPS) is 20.9. The predicted octanol–water partition coefficient (Wildman–Crippen LogP) is 3.94. The monoisotopic (exact) mass is 275 g/mol. The van der Waals surface area contributed by atoms with Gasteiger partial charge in [0.15, 0.2) is 0 Å². The molecule has 2 rings (SSSR count). The van der Waals surface area contributed by atoms with Crippen molar-refractivity contribution in [1.29, 1.82) is 0 Å². The molecule has 0 radical (unpaired) electrons. The number of halogens is 3. The van der Waals surface area contributed by atoms with Crippen molar-refractivity contribution in [2.45, 2.75) is 36.4 Å². The van der Waals surface area contributed by atoms with Crippen molar-refractivity contribution in [2.75, 3.05) is 12.3 Å². The zero-order valence-corrected chi connectivity index (χ0v) is 10.8. The molecule has 1 unspecified atom stereocenters. The third kappa shape index (κ3) is 3.92. The Bertz CT molecular complexity index is 369. The van der Waals surface area contributed by atoms with Gasteiger partial charge in [-0.25, -0.2) is 0 Å². The Kier molecular flexibility index (Phi) is 4.56. The van der Waals surface area contributed by atoms with Crippen LogP contribution in [0.25, 0.3) is 0 Å². The van der Waals surface area contributed by atoms with Gasteiger partial charge in [-0.1, -0.05) is 6.42 Å². The van der Waals surface area contributed by atoms with Crippen molar-refractivity contribution >= 4 is 11.8 Å². The second kappa shape index (κ2) is 5.97. The Labute approximate surface area is 109 Å². The first kappa shape index (κ1) is 13.7. The number of thioether (sulfide) groups is 1. The molecule has 1 nitrogen and oxygen atoms in total. The fourth-order valence-corrected chi connectivity index (χ4v) is 3.01. The molecule has 1 N–H and O–H groups in total. The van der Waals surface area contributed by atoms with Crippen LogP contribution in [0.2, 0.25) is 0 Å². The molecule has 0 bridgehead atoms. The summed E-state index contributed by atoms with van der Waals surface area (Å²) < 4.78 is 37.1. The van der Waals surface area contributed by atoms with E-state index in [0.717, 1.165) is 35.7 Å². The molecule has 0 spiro atoms. The molecular formula is C13H16F3NS. The lowest BCUT2D eigenvalue weighted by atomic mass is 10.1. The van der Waals surface area contributed by atoms with Gasteiger partial charge >= 0.3 is 6.18 Å². The highest BCUT2D eigenvalue weighted by molar-refractivity contribution is 7.99. The minimum absolute atomic E-state index is 0.492. The molecule has 5 heteroatoms. The molecule has 1 atom stereocenters. The summed E-state index contributed by atoms with van der Waals surface area (Å²) in [6.07, 6.45) is -0.617. The van der Waals surface area contributed by atoms with Gasteiger partial charge in [0.25, 0.3) is 0 Å². The van der Waals surface area contributed by atoms with Gasteiger partial charge < -0.3 is 5.32 Å². The third-order valence-corrected chi connectivity index (χ3v) is 4.22. The maximum atomic E-state index is 12.4. The number of hydrogen-bond donors (Lipinski definition) is 1. The first-order valence-electron chi connectivity index (χ1n) is 6.09. The van der Waals surface area contributed by atoms with Crippen molar-refractivity contribution in [3.05, 3.63) is 29.8 Å². The van der Waals surface area contributed by atoms with Crippen LogP contribution in [0.15, 0.2) is 29.2 Å². The van der Waals surface area contributed by atoms with Gasteiger partial charge in [0.2, 0.25) is 0 Å². The molecule has 0 aromatic heterocycles. The molecule has 18 heavy (non-hydrogen) atoms. The van der Waals surface area contributed by atoms with Crippen LogP contribution in [0, 0.1) is 0 Å². The largest absolute Gasteiger partial charge is 0.416 e. The Hall–Kier alpha value is -0.680. The van der Waals surface area contributed by atoms with Gasteiger partial charge in [-0.2, -0.15) is 13.2 Å². The van der Waals surface area contributed by atoms with Crippen molar-refractivity contribution in [3.63, 3.8) is 0 Å². The van der Waals surface area contributed by atoms with E-state index in [-0.39, 0.29) is 0 Å². The van der Waals surface area contributed by atoms with Crippen LogP contribution in [0.3, 0.4) is 0 Å². The van der Waals surface area contributed by atoms with Gasteiger partial charge in [0.05, 0.1) is 5.56 Å². The number of nitrogens with one attached hydrogen (secondary N) is 1. The molecule has 1 aliphatic rings. The van der Waals surface area contributed by atoms with Crippen LogP contribution in [0.5, 0.6) is 0 Å². The Balaban J connectivity index is 1.86. The van der Waals surface area contributed by atoms with Crippen molar-refractivity contribution in [1.82, 2.24) is 5.32 Å². The summed E-state index contributed by atoms with van der Waals surface area (Å²) in [4.78, 5) is 0.898. The Morgan fingerprint density at radius 3 is 2.44 bits per heavy atom. The zero-order valence-electron chi connectivity index (χ0n) is 9.96. The highest BCUT2D eigenvalue weighted by Gasteiger charge is 2.29. The SMILES string of the molecule is FC(F)(F)c1ccc(SCC2CCCCN2)cc1. The van der Waals surface area contributed by atoms with Crippen LogP contribution >= 0.6 is 11.8 Å². The predicted molar refractivity (Wildman–Crippen MR) is 67.8 cm³/mol. The summed E-state index contributed by atoms with van der Waals surface area (Å²) >= 11 is 1.62. The van der Waals surface area contributed by atoms with Gasteiger partial charge in [-0.3, -0.25) is 0 Å².